The van der Waals surface area contributed by atoms with Crippen LogP contribution in [0.4, 0.5) is 0 Å². The van der Waals surface area contributed by atoms with Crippen molar-refractivity contribution < 1.29 is 8.42 Å². The molecule has 0 radical (unpaired) electrons. The highest BCUT2D eigenvalue weighted by atomic mass is 35.5. The number of aromatic amines is 1. The van der Waals surface area contributed by atoms with Crippen LogP contribution in [0.15, 0.2) is 4.90 Å². The first-order valence-electron chi connectivity index (χ1n) is 7.00. The van der Waals surface area contributed by atoms with E-state index in [1.54, 1.807) is 11.2 Å². The normalized spacial score (nSPS) is 19.6. The molecule has 1 fully saturated rings. The molecule has 1 aromatic heterocycles. The summed E-state index contributed by atoms with van der Waals surface area (Å²) in [6.45, 7) is 7.16. The molecule has 20 heavy (non-hydrogen) atoms. The molecular formula is C13H22ClN3O2S. The second-order valence-electron chi connectivity index (χ2n) is 5.55. The quantitative estimate of drug-likeness (QED) is 0.848. The molecule has 0 unspecified atom stereocenters. The van der Waals surface area contributed by atoms with Gasteiger partial charge in [-0.1, -0.05) is 13.8 Å². The third kappa shape index (κ3) is 2.49. The summed E-state index contributed by atoms with van der Waals surface area (Å²) in [7, 11) is -3.50. The number of H-pyrrole nitrogens is 1. The molecule has 0 aromatic carbocycles. The van der Waals surface area contributed by atoms with Crippen LogP contribution in [0.5, 0.6) is 0 Å². The first-order chi connectivity index (χ1) is 9.40. The second kappa shape index (κ2) is 5.66. The first-order valence-corrected chi connectivity index (χ1v) is 8.97. The summed E-state index contributed by atoms with van der Waals surface area (Å²) in [6.07, 6.45) is 2.93. The SMILES string of the molecule is CCC1(CC)CCN(S(=O)(=O)c2c(CCl)n[nH]c2C)C1. The lowest BCUT2D eigenvalue weighted by atomic mass is 9.82. The molecule has 1 aliphatic rings. The Morgan fingerprint density at radius 1 is 1.40 bits per heavy atom. The Morgan fingerprint density at radius 3 is 2.55 bits per heavy atom. The number of sulfonamides is 1. The maximum atomic E-state index is 12.8. The Morgan fingerprint density at radius 2 is 2.05 bits per heavy atom. The van der Waals surface area contributed by atoms with Gasteiger partial charge in [-0.25, -0.2) is 8.42 Å². The molecule has 0 bridgehead atoms. The molecule has 1 N–H and O–H groups in total. The maximum Gasteiger partial charge on any atom is 0.246 e. The van der Waals surface area contributed by atoms with Crippen molar-refractivity contribution in [3.05, 3.63) is 11.4 Å². The van der Waals surface area contributed by atoms with Crippen LogP contribution in [0.2, 0.25) is 0 Å². The van der Waals surface area contributed by atoms with Gasteiger partial charge in [-0.3, -0.25) is 5.10 Å². The Kier molecular flexibility index (Phi) is 4.47. The Bertz CT molecular complexity index is 578. The van der Waals surface area contributed by atoms with Crippen molar-refractivity contribution in [2.24, 2.45) is 5.41 Å². The molecule has 2 rings (SSSR count). The number of aryl methyl sites for hydroxylation is 1. The van der Waals surface area contributed by atoms with Crippen LogP contribution in [0.3, 0.4) is 0 Å². The molecule has 0 amide bonds. The van der Waals surface area contributed by atoms with Gasteiger partial charge in [-0.2, -0.15) is 9.40 Å². The number of nitrogens with zero attached hydrogens (tertiary/aromatic N) is 2. The summed E-state index contributed by atoms with van der Waals surface area (Å²) in [4.78, 5) is 0.260. The van der Waals surface area contributed by atoms with Crippen molar-refractivity contribution in [2.75, 3.05) is 13.1 Å². The Balaban J connectivity index is 2.35. The van der Waals surface area contributed by atoms with Crippen molar-refractivity contribution in [1.29, 1.82) is 0 Å². The van der Waals surface area contributed by atoms with Gasteiger partial charge >= 0.3 is 0 Å². The van der Waals surface area contributed by atoms with E-state index in [0.29, 0.717) is 24.5 Å². The second-order valence-corrected chi connectivity index (χ2v) is 7.70. The topological polar surface area (TPSA) is 66.1 Å². The number of halogens is 1. The number of alkyl halides is 1. The molecular weight excluding hydrogens is 298 g/mol. The molecule has 5 nitrogen and oxygen atoms in total. The monoisotopic (exact) mass is 319 g/mol. The van der Waals surface area contributed by atoms with Crippen LogP contribution in [-0.2, 0) is 15.9 Å². The minimum Gasteiger partial charge on any atom is -0.281 e. The molecule has 0 spiro atoms. The van der Waals surface area contributed by atoms with Gasteiger partial charge in [0.25, 0.3) is 0 Å². The van der Waals surface area contributed by atoms with Gasteiger partial charge in [0.05, 0.1) is 17.3 Å². The molecule has 0 atom stereocenters. The van der Waals surface area contributed by atoms with Crippen LogP contribution in [0.1, 0.15) is 44.5 Å². The van der Waals surface area contributed by atoms with Crippen molar-refractivity contribution in [1.82, 2.24) is 14.5 Å². The van der Waals surface area contributed by atoms with Crippen molar-refractivity contribution in [3.63, 3.8) is 0 Å². The van der Waals surface area contributed by atoms with E-state index in [9.17, 15) is 8.42 Å². The smallest absolute Gasteiger partial charge is 0.246 e. The van der Waals surface area contributed by atoms with Gasteiger partial charge in [0, 0.05) is 13.1 Å². The summed E-state index contributed by atoms with van der Waals surface area (Å²) < 4.78 is 27.2. The van der Waals surface area contributed by atoms with Crippen LogP contribution in [-0.4, -0.2) is 36.0 Å². The zero-order chi connectivity index (χ0) is 15.0. The average Bonchev–Trinajstić information content (AvgIpc) is 3.03. The summed E-state index contributed by atoms with van der Waals surface area (Å²) >= 11 is 5.80. The molecule has 7 heteroatoms. The van der Waals surface area contributed by atoms with Crippen LogP contribution in [0, 0.1) is 12.3 Å². The van der Waals surface area contributed by atoms with Crippen molar-refractivity contribution >= 4 is 21.6 Å². The lowest BCUT2D eigenvalue weighted by Gasteiger charge is -2.26. The highest BCUT2D eigenvalue weighted by Crippen LogP contribution is 2.39. The van der Waals surface area contributed by atoms with Crippen molar-refractivity contribution in [2.45, 2.75) is 50.8 Å². The summed E-state index contributed by atoms with van der Waals surface area (Å²) in [6, 6.07) is 0. The van der Waals surface area contributed by atoms with E-state index in [1.165, 1.54) is 0 Å². The van der Waals surface area contributed by atoms with E-state index in [0.717, 1.165) is 19.3 Å². The van der Waals surface area contributed by atoms with Gasteiger partial charge < -0.3 is 0 Å². The largest absolute Gasteiger partial charge is 0.281 e. The maximum absolute atomic E-state index is 12.8. The Hall–Kier alpha value is -0.590. The fraction of sp³-hybridized carbons (Fsp3) is 0.769. The van der Waals surface area contributed by atoms with Crippen LogP contribution < -0.4 is 0 Å². The van der Waals surface area contributed by atoms with Crippen LogP contribution in [0.25, 0.3) is 0 Å². The van der Waals surface area contributed by atoms with E-state index in [1.807, 2.05) is 0 Å². The standard InChI is InChI=1S/C13H22ClN3O2S/c1-4-13(5-2)6-7-17(9-13)20(18,19)12-10(3)15-16-11(12)8-14/h4-9H2,1-3H3,(H,15,16). The first kappa shape index (κ1) is 15.8. The molecule has 2 heterocycles. The van der Waals surface area contributed by atoms with E-state index in [4.69, 9.17) is 11.6 Å². The van der Waals surface area contributed by atoms with Crippen LogP contribution >= 0.6 is 11.6 Å². The minimum absolute atomic E-state index is 0.0967. The Labute approximate surface area is 125 Å². The molecule has 0 saturated carbocycles. The number of hydrogen-bond acceptors (Lipinski definition) is 3. The number of aromatic nitrogens is 2. The van der Waals surface area contributed by atoms with Gasteiger partial charge in [0.15, 0.2) is 0 Å². The minimum atomic E-state index is -3.50. The molecule has 114 valence electrons. The lowest BCUT2D eigenvalue weighted by molar-refractivity contribution is 0.279. The summed E-state index contributed by atoms with van der Waals surface area (Å²) in [5, 5.41) is 6.71. The third-order valence-electron chi connectivity index (χ3n) is 4.59. The molecule has 0 aliphatic carbocycles. The molecule has 1 aliphatic heterocycles. The van der Waals surface area contributed by atoms with Gasteiger partial charge in [0.1, 0.15) is 4.90 Å². The summed E-state index contributed by atoms with van der Waals surface area (Å²) in [5.41, 5.74) is 1.09. The van der Waals surface area contributed by atoms with E-state index >= 15 is 0 Å². The van der Waals surface area contributed by atoms with Gasteiger partial charge in [0.2, 0.25) is 10.0 Å². The highest BCUT2D eigenvalue weighted by Gasteiger charge is 2.42. The molecule has 1 saturated heterocycles. The third-order valence-corrected chi connectivity index (χ3v) is 6.89. The van der Waals surface area contributed by atoms with Crippen molar-refractivity contribution in [3.8, 4) is 0 Å². The van der Waals surface area contributed by atoms with E-state index in [-0.39, 0.29) is 16.2 Å². The fourth-order valence-corrected chi connectivity index (χ4v) is 5.11. The van der Waals surface area contributed by atoms with Gasteiger partial charge in [-0.05, 0) is 31.6 Å². The van der Waals surface area contributed by atoms with E-state index in [2.05, 4.69) is 24.0 Å². The van der Waals surface area contributed by atoms with Gasteiger partial charge in [-0.15, -0.1) is 11.6 Å². The highest BCUT2D eigenvalue weighted by molar-refractivity contribution is 7.89. The predicted molar refractivity (Wildman–Crippen MR) is 79.3 cm³/mol. The van der Waals surface area contributed by atoms with E-state index < -0.39 is 10.0 Å². The summed E-state index contributed by atoms with van der Waals surface area (Å²) in [5.74, 6) is 0.0967. The zero-order valence-corrected chi connectivity index (χ0v) is 13.8. The zero-order valence-electron chi connectivity index (χ0n) is 12.2. The number of nitrogens with one attached hydrogen (secondary N) is 1. The molecule has 1 aromatic rings. The lowest BCUT2D eigenvalue weighted by Crippen LogP contribution is -2.32. The number of rotatable bonds is 5. The average molecular weight is 320 g/mol. The number of hydrogen-bond donors (Lipinski definition) is 1. The fourth-order valence-electron chi connectivity index (χ4n) is 2.96. The predicted octanol–water partition coefficient (Wildman–Crippen LogP) is 2.66.